The third-order valence-corrected chi connectivity index (χ3v) is 3.65. The number of fused-ring (bicyclic) bond motifs is 1. The van der Waals surface area contributed by atoms with Crippen molar-refractivity contribution in [1.29, 1.82) is 0 Å². The van der Waals surface area contributed by atoms with Crippen molar-refractivity contribution in [2.75, 3.05) is 11.9 Å². The Balaban J connectivity index is 2.48. The number of anilines is 1. The van der Waals surface area contributed by atoms with Gasteiger partial charge in [-0.2, -0.15) is 0 Å². The van der Waals surface area contributed by atoms with E-state index in [1.807, 2.05) is 0 Å². The monoisotopic (exact) mass is 224 g/mol. The van der Waals surface area contributed by atoms with E-state index in [0.29, 0.717) is 0 Å². The molecule has 2 rings (SSSR count). The molecule has 0 bridgehead atoms. The molecule has 14 heavy (non-hydrogen) atoms. The Kier molecular flexibility index (Phi) is 2.80. The summed E-state index contributed by atoms with van der Waals surface area (Å²) in [5.41, 5.74) is 4.24. The van der Waals surface area contributed by atoms with Crippen molar-refractivity contribution in [3.05, 3.63) is 29.3 Å². The summed E-state index contributed by atoms with van der Waals surface area (Å²) < 4.78 is 1.42. The summed E-state index contributed by atoms with van der Waals surface area (Å²) in [5, 5.41) is 0. The fourth-order valence-corrected chi connectivity index (χ4v) is 2.40. The normalized spacial score (nSPS) is 16.4. The first-order chi connectivity index (χ1) is 6.68. The SMILES string of the molecule is Cc1ccc2c(c1)CCC[C](=[V])N2C. The van der Waals surface area contributed by atoms with Crippen molar-refractivity contribution >= 4 is 10.0 Å². The van der Waals surface area contributed by atoms with Crippen LogP contribution < -0.4 is 4.90 Å². The molecular formula is C12H15NV. The fraction of sp³-hybridized carbons (Fsp3) is 0.417. The van der Waals surface area contributed by atoms with Gasteiger partial charge in [-0.15, -0.1) is 0 Å². The zero-order valence-electron chi connectivity index (χ0n) is 8.75. The van der Waals surface area contributed by atoms with Crippen LogP contribution >= 0.6 is 0 Å². The van der Waals surface area contributed by atoms with Crippen LogP contribution in [0.2, 0.25) is 0 Å². The Morgan fingerprint density at radius 3 is 2.86 bits per heavy atom. The van der Waals surface area contributed by atoms with Crippen LogP contribution in [0.3, 0.4) is 0 Å². The molecule has 1 aromatic carbocycles. The molecule has 0 radical (unpaired) electrons. The Labute approximate surface area is 94.6 Å². The van der Waals surface area contributed by atoms with Crippen molar-refractivity contribution in [2.45, 2.75) is 26.2 Å². The molecule has 0 unspecified atom stereocenters. The third-order valence-electron chi connectivity index (χ3n) is 2.83. The second-order valence-electron chi connectivity index (χ2n) is 3.96. The minimum absolute atomic E-state index is 1.20. The van der Waals surface area contributed by atoms with Gasteiger partial charge >= 0.3 is 94.5 Å². The van der Waals surface area contributed by atoms with Gasteiger partial charge in [-0.05, 0) is 0 Å². The Morgan fingerprint density at radius 2 is 2.07 bits per heavy atom. The van der Waals surface area contributed by atoms with Crippen LogP contribution in [-0.2, 0) is 23.4 Å². The van der Waals surface area contributed by atoms with Crippen LogP contribution in [0.25, 0.3) is 0 Å². The maximum absolute atomic E-state index is 2.70. The number of hydrogen-bond acceptors (Lipinski definition) is 1. The molecule has 0 spiro atoms. The molecule has 0 saturated heterocycles. The molecule has 1 aromatic rings. The van der Waals surface area contributed by atoms with Gasteiger partial charge in [0.2, 0.25) is 0 Å². The summed E-state index contributed by atoms with van der Waals surface area (Å²) in [4.78, 5) is 2.31. The van der Waals surface area contributed by atoms with Gasteiger partial charge in [-0.1, -0.05) is 0 Å². The third kappa shape index (κ3) is 1.80. The molecule has 0 amide bonds. The molecule has 0 aliphatic carbocycles. The van der Waals surface area contributed by atoms with Gasteiger partial charge in [-0.25, -0.2) is 0 Å². The van der Waals surface area contributed by atoms with E-state index in [2.05, 4.69) is 54.0 Å². The minimum atomic E-state index is 1.20. The Morgan fingerprint density at radius 1 is 1.29 bits per heavy atom. The zero-order chi connectivity index (χ0) is 10.1. The maximum atomic E-state index is 2.70. The first-order valence-corrected chi connectivity index (χ1v) is 5.76. The van der Waals surface area contributed by atoms with Gasteiger partial charge in [0.25, 0.3) is 0 Å². The summed E-state index contributed by atoms with van der Waals surface area (Å²) in [6.07, 6.45) is 3.68. The van der Waals surface area contributed by atoms with Crippen LogP contribution in [-0.4, -0.2) is 11.4 Å². The van der Waals surface area contributed by atoms with E-state index >= 15 is 0 Å². The van der Waals surface area contributed by atoms with Crippen molar-refractivity contribution in [3.8, 4) is 0 Å². The summed E-state index contributed by atoms with van der Waals surface area (Å²) >= 11 is 2.70. The van der Waals surface area contributed by atoms with Crippen molar-refractivity contribution < 1.29 is 17.0 Å². The molecule has 0 N–H and O–H groups in total. The van der Waals surface area contributed by atoms with Gasteiger partial charge < -0.3 is 0 Å². The number of hydrogen-bond donors (Lipinski definition) is 0. The molecule has 1 aliphatic heterocycles. The molecule has 1 nitrogen and oxygen atoms in total. The van der Waals surface area contributed by atoms with E-state index < -0.39 is 0 Å². The van der Waals surface area contributed by atoms with Crippen LogP contribution in [0.15, 0.2) is 18.2 Å². The fourth-order valence-electron chi connectivity index (χ4n) is 1.99. The number of nitrogens with zero attached hydrogens (tertiary/aromatic N) is 1. The van der Waals surface area contributed by atoms with E-state index in [-0.39, 0.29) is 0 Å². The predicted molar refractivity (Wildman–Crippen MR) is 57.5 cm³/mol. The Hall–Kier alpha value is -0.526. The van der Waals surface area contributed by atoms with Gasteiger partial charge in [0, 0.05) is 0 Å². The van der Waals surface area contributed by atoms with E-state index in [0.717, 1.165) is 0 Å². The molecule has 1 aliphatic rings. The van der Waals surface area contributed by atoms with E-state index in [4.69, 9.17) is 0 Å². The van der Waals surface area contributed by atoms with Crippen LogP contribution in [0.4, 0.5) is 5.69 Å². The van der Waals surface area contributed by atoms with E-state index in [9.17, 15) is 0 Å². The summed E-state index contributed by atoms with van der Waals surface area (Å²) in [6.45, 7) is 2.16. The number of rotatable bonds is 0. The number of aryl methyl sites for hydroxylation is 2. The van der Waals surface area contributed by atoms with E-state index in [1.54, 1.807) is 0 Å². The zero-order valence-corrected chi connectivity index (χ0v) is 10.1. The summed E-state index contributed by atoms with van der Waals surface area (Å²) in [5.74, 6) is 0. The molecule has 2 heteroatoms. The molecule has 0 saturated carbocycles. The average Bonchev–Trinajstić information content (AvgIpc) is 2.28. The van der Waals surface area contributed by atoms with E-state index in [1.165, 1.54) is 40.4 Å². The quantitative estimate of drug-likeness (QED) is 0.654. The van der Waals surface area contributed by atoms with Crippen molar-refractivity contribution in [1.82, 2.24) is 0 Å². The van der Waals surface area contributed by atoms with Crippen molar-refractivity contribution in [2.24, 2.45) is 0 Å². The molecule has 0 aromatic heterocycles. The molecular weight excluding hydrogens is 209 g/mol. The van der Waals surface area contributed by atoms with Gasteiger partial charge in [0.05, 0.1) is 0 Å². The van der Waals surface area contributed by atoms with Crippen molar-refractivity contribution in [3.63, 3.8) is 0 Å². The topological polar surface area (TPSA) is 3.24 Å². The molecule has 1 heterocycles. The first-order valence-electron chi connectivity index (χ1n) is 5.06. The molecule has 0 fully saturated rings. The van der Waals surface area contributed by atoms with Crippen LogP contribution in [0, 0.1) is 6.92 Å². The van der Waals surface area contributed by atoms with Crippen LogP contribution in [0.5, 0.6) is 0 Å². The van der Waals surface area contributed by atoms with Crippen LogP contribution in [0.1, 0.15) is 24.0 Å². The van der Waals surface area contributed by atoms with Gasteiger partial charge in [0.1, 0.15) is 0 Å². The van der Waals surface area contributed by atoms with Gasteiger partial charge in [-0.3, -0.25) is 0 Å². The Bertz CT molecular complexity index is 371. The summed E-state index contributed by atoms with van der Waals surface area (Å²) in [6, 6.07) is 6.75. The standard InChI is InChI=1S/C12H15N.V/c1-10-6-7-12-11(9-10)5-3-4-8-13(12)2;/h6-7,9H,3-5H2,1-2H3;. The van der Waals surface area contributed by atoms with Gasteiger partial charge in [0.15, 0.2) is 0 Å². The average molecular weight is 224 g/mol. The summed E-state index contributed by atoms with van der Waals surface area (Å²) in [7, 11) is 2.16. The first kappa shape index (κ1) is 10.0. The second kappa shape index (κ2) is 3.92. The second-order valence-corrected chi connectivity index (χ2v) is 4.77. The predicted octanol–water partition coefficient (Wildman–Crippen LogP) is 2.44. The number of benzene rings is 1. The molecule has 73 valence electrons. The molecule has 0 atom stereocenters.